The summed E-state index contributed by atoms with van der Waals surface area (Å²) in [5.41, 5.74) is 7.86. The maximum absolute atomic E-state index is 11.0. The van der Waals surface area contributed by atoms with Crippen molar-refractivity contribution in [1.29, 1.82) is 0 Å². The second kappa shape index (κ2) is 8.25. The van der Waals surface area contributed by atoms with Crippen molar-refractivity contribution < 1.29 is 10.2 Å². The molecule has 5 rings (SSSR count). The van der Waals surface area contributed by atoms with Crippen LogP contribution in [0.3, 0.4) is 0 Å². The van der Waals surface area contributed by atoms with E-state index in [1.54, 1.807) is 11.1 Å². The Bertz CT molecular complexity index is 907. The fraction of sp³-hybridized carbons (Fsp3) is 0.724. The van der Waals surface area contributed by atoms with Crippen LogP contribution in [0.2, 0.25) is 0 Å². The normalized spacial score (nSPS) is 40.3. The molecule has 0 amide bonds. The van der Waals surface area contributed by atoms with Gasteiger partial charge in [0, 0.05) is 12.6 Å². The van der Waals surface area contributed by atoms with E-state index < -0.39 is 0 Å². The number of benzene rings is 1. The number of rotatable bonds is 3. The molecule has 0 bridgehead atoms. The van der Waals surface area contributed by atoms with Crippen LogP contribution in [0.1, 0.15) is 93.9 Å². The first-order valence-electron chi connectivity index (χ1n) is 13.2. The minimum atomic E-state index is -0.247. The third-order valence-corrected chi connectivity index (χ3v) is 10.0. The van der Waals surface area contributed by atoms with E-state index >= 15 is 0 Å². The van der Waals surface area contributed by atoms with Crippen LogP contribution in [-0.2, 0) is 6.42 Å². The lowest BCUT2D eigenvalue weighted by Gasteiger charge is -2.48. The van der Waals surface area contributed by atoms with Crippen molar-refractivity contribution >= 4 is 0 Å². The van der Waals surface area contributed by atoms with Gasteiger partial charge in [-0.15, -0.1) is 0 Å². The molecular weight excluding hydrogens is 394 g/mol. The summed E-state index contributed by atoms with van der Waals surface area (Å²) in [4.78, 5) is 2.51. The van der Waals surface area contributed by atoms with E-state index in [1.165, 1.54) is 23.1 Å². The maximum atomic E-state index is 11.0. The van der Waals surface area contributed by atoms with E-state index in [0.717, 1.165) is 45.2 Å². The second-order valence-corrected chi connectivity index (χ2v) is 11.8. The molecule has 1 aromatic rings. The Balaban J connectivity index is 1.45. The molecule has 32 heavy (non-hydrogen) atoms. The summed E-state index contributed by atoms with van der Waals surface area (Å²) in [5.74, 6) is 2.20. The van der Waals surface area contributed by atoms with Crippen LogP contribution < -0.4 is 0 Å². The van der Waals surface area contributed by atoms with Gasteiger partial charge in [-0.1, -0.05) is 51.5 Å². The predicted molar refractivity (Wildman–Crippen MR) is 131 cm³/mol. The number of likely N-dealkylation sites (tertiary alicyclic amines) is 1. The van der Waals surface area contributed by atoms with Crippen molar-refractivity contribution in [3.63, 3.8) is 0 Å². The summed E-state index contributed by atoms with van der Waals surface area (Å²) in [6, 6.07) is 5.04. The van der Waals surface area contributed by atoms with Gasteiger partial charge in [-0.25, -0.2) is 0 Å². The van der Waals surface area contributed by atoms with Gasteiger partial charge in [0.1, 0.15) is 0 Å². The summed E-state index contributed by atoms with van der Waals surface area (Å²) >= 11 is 0. The first-order chi connectivity index (χ1) is 15.2. The third kappa shape index (κ3) is 3.42. The first-order valence-corrected chi connectivity index (χ1v) is 13.2. The van der Waals surface area contributed by atoms with E-state index in [0.29, 0.717) is 23.7 Å². The lowest BCUT2D eigenvalue weighted by Crippen LogP contribution is -2.53. The molecule has 3 aliphatic carbocycles. The minimum Gasteiger partial charge on any atom is -0.393 e. The first kappa shape index (κ1) is 22.6. The molecule has 0 spiro atoms. The van der Waals surface area contributed by atoms with Gasteiger partial charge in [0.2, 0.25) is 0 Å². The molecule has 3 nitrogen and oxygen atoms in total. The number of aliphatic hydroxyl groups excluding tert-OH is 2. The monoisotopic (exact) mass is 437 g/mol. The summed E-state index contributed by atoms with van der Waals surface area (Å²) in [7, 11) is 0. The summed E-state index contributed by atoms with van der Waals surface area (Å²) in [6.07, 6.45) is 8.25. The average molecular weight is 438 g/mol. The van der Waals surface area contributed by atoms with Gasteiger partial charge in [-0.3, -0.25) is 4.90 Å². The van der Waals surface area contributed by atoms with E-state index in [2.05, 4.69) is 57.7 Å². The van der Waals surface area contributed by atoms with Crippen molar-refractivity contribution in [2.75, 3.05) is 13.1 Å². The quantitative estimate of drug-likeness (QED) is 0.629. The van der Waals surface area contributed by atoms with Crippen LogP contribution in [0, 0.1) is 24.2 Å². The van der Waals surface area contributed by atoms with Crippen molar-refractivity contribution in [2.45, 2.75) is 103 Å². The molecule has 4 aliphatic rings. The molecule has 3 heteroatoms. The van der Waals surface area contributed by atoms with Gasteiger partial charge in [0.05, 0.1) is 12.2 Å². The van der Waals surface area contributed by atoms with Gasteiger partial charge < -0.3 is 10.2 Å². The number of hydrogen-bond donors (Lipinski definition) is 2. The van der Waals surface area contributed by atoms with Crippen molar-refractivity contribution in [1.82, 2.24) is 4.90 Å². The Morgan fingerprint density at radius 2 is 2.00 bits per heavy atom. The summed E-state index contributed by atoms with van der Waals surface area (Å²) in [6.45, 7) is 13.8. The van der Waals surface area contributed by atoms with Crippen LogP contribution in [0.25, 0.3) is 0 Å². The van der Waals surface area contributed by atoms with Crippen LogP contribution >= 0.6 is 0 Å². The molecule has 1 aromatic carbocycles. The van der Waals surface area contributed by atoms with Crippen LogP contribution in [-0.4, -0.2) is 46.5 Å². The zero-order chi connectivity index (χ0) is 22.8. The van der Waals surface area contributed by atoms with Crippen molar-refractivity contribution in [3.8, 4) is 0 Å². The molecule has 2 fully saturated rings. The lowest BCUT2D eigenvalue weighted by atomic mass is 9.57. The Morgan fingerprint density at radius 1 is 1.22 bits per heavy atom. The number of allylic oxidation sites excluding steroid dienone is 1. The van der Waals surface area contributed by atoms with Gasteiger partial charge in [-0.2, -0.15) is 0 Å². The van der Waals surface area contributed by atoms with Gasteiger partial charge >= 0.3 is 0 Å². The molecular formula is C29H43NO2. The van der Waals surface area contributed by atoms with E-state index in [9.17, 15) is 10.2 Å². The zero-order valence-electron chi connectivity index (χ0n) is 20.8. The Morgan fingerprint density at radius 3 is 2.75 bits per heavy atom. The number of nitrogens with zero attached hydrogens (tertiary/aromatic N) is 1. The highest BCUT2D eigenvalue weighted by Gasteiger charge is 2.50. The Hall–Kier alpha value is -1.16. The molecule has 1 aliphatic heterocycles. The molecule has 1 heterocycles. The van der Waals surface area contributed by atoms with Crippen molar-refractivity contribution in [3.05, 3.63) is 46.0 Å². The smallest absolute Gasteiger partial charge is 0.0704 e. The summed E-state index contributed by atoms with van der Waals surface area (Å²) < 4.78 is 0. The second-order valence-electron chi connectivity index (χ2n) is 11.8. The molecule has 0 aromatic heterocycles. The number of likely N-dealkylation sites (N-methyl/N-ethyl adjacent to an activating group) is 1. The molecule has 0 radical (unpaired) electrons. The maximum Gasteiger partial charge on any atom is 0.0704 e. The van der Waals surface area contributed by atoms with Crippen LogP contribution in [0.5, 0.6) is 0 Å². The fourth-order valence-corrected chi connectivity index (χ4v) is 8.24. The average Bonchev–Trinajstić information content (AvgIpc) is 3.14. The zero-order valence-corrected chi connectivity index (χ0v) is 20.8. The van der Waals surface area contributed by atoms with Crippen LogP contribution in [0.4, 0.5) is 0 Å². The van der Waals surface area contributed by atoms with E-state index in [1.807, 2.05) is 0 Å². The Kier molecular flexibility index (Phi) is 5.83. The topological polar surface area (TPSA) is 43.7 Å². The highest BCUT2D eigenvalue weighted by atomic mass is 16.3. The molecule has 1 saturated carbocycles. The highest BCUT2D eigenvalue weighted by molar-refractivity contribution is 5.50. The number of piperidine rings is 1. The van der Waals surface area contributed by atoms with Gasteiger partial charge in [0.25, 0.3) is 0 Å². The number of aliphatic hydroxyl groups is 2. The number of hydrogen-bond acceptors (Lipinski definition) is 3. The molecule has 2 N–H and O–H groups in total. The summed E-state index contributed by atoms with van der Waals surface area (Å²) in [5, 5.41) is 21.3. The van der Waals surface area contributed by atoms with Crippen LogP contribution in [0.15, 0.2) is 23.8 Å². The highest BCUT2D eigenvalue weighted by Crippen LogP contribution is 2.60. The molecule has 8 atom stereocenters. The Labute approximate surface area is 194 Å². The van der Waals surface area contributed by atoms with E-state index in [4.69, 9.17) is 0 Å². The van der Waals surface area contributed by atoms with Crippen molar-refractivity contribution in [2.24, 2.45) is 17.3 Å². The minimum absolute atomic E-state index is 0.144. The predicted octanol–water partition coefficient (Wildman–Crippen LogP) is 5.33. The largest absolute Gasteiger partial charge is 0.393 e. The SMILES string of the molecule is CCN1C[C@@H](C)C[C@@H](O)[C@@H]1[C@@H](C)c1ccc2c(c1C)C[C@H]1[C@H]2CC=C2C[C@@H](O)CC[C@@]21C. The standard InChI is InChI=1S/C29H43NO2/c1-6-30-16-17(2)13-27(32)28(30)19(4)22-9-10-23-24-8-7-20-14-21(31)11-12-29(20,5)26(24)15-25(23)18(22)3/h7,9-10,17,19,21,24,26-28,31-32H,6,8,11-16H2,1-5H3/t17-,19-,21-,24-,26-,27+,28-,29-/m0/s1. The molecule has 1 saturated heterocycles. The lowest BCUT2D eigenvalue weighted by molar-refractivity contribution is -0.0184. The number of fused-ring (bicyclic) bond motifs is 5. The van der Waals surface area contributed by atoms with E-state index in [-0.39, 0.29) is 23.7 Å². The molecule has 176 valence electrons. The third-order valence-electron chi connectivity index (χ3n) is 10.0. The molecule has 0 unspecified atom stereocenters. The van der Waals surface area contributed by atoms with Gasteiger partial charge in [-0.05, 0) is 103 Å². The van der Waals surface area contributed by atoms with Gasteiger partial charge in [0.15, 0.2) is 0 Å². The fourth-order valence-electron chi connectivity index (χ4n) is 8.24.